The van der Waals surface area contributed by atoms with E-state index in [0.717, 1.165) is 36.7 Å². The van der Waals surface area contributed by atoms with Crippen LogP contribution in [0.5, 0.6) is 0 Å². The maximum absolute atomic E-state index is 12.7. The van der Waals surface area contributed by atoms with E-state index in [0.29, 0.717) is 16.7 Å². The summed E-state index contributed by atoms with van der Waals surface area (Å²) in [5.74, 6) is -0.291. The standard InChI is InChI=1S/C18H23N3O4/c1-4-5-6-7-8-9-17(22)20-15-11-10-14(21(24)25)12-16(15)19(13(2)3)18(20)23/h10-12H,2,4-9H2,1,3H3. The lowest BCUT2D eigenvalue weighted by Crippen LogP contribution is -2.28. The Balaban J connectivity index is 2.41. The van der Waals surface area contributed by atoms with Gasteiger partial charge in [0, 0.05) is 24.3 Å². The average Bonchev–Trinajstić information content (AvgIpc) is 2.85. The third-order valence-electron chi connectivity index (χ3n) is 4.16. The second-order valence-electron chi connectivity index (χ2n) is 6.18. The molecule has 0 atom stereocenters. The summed E-state index contributed by atoms with van der Waals surface area (Å²) in [5, 5.41) is 11.0. The van der Waals surface area contributed by atoms with Gasteiger partial charge in [0.15, 0.2) is 0 Å². The fourth-order valence-corrected chi connectivity index (χ4v) is 2.90. The molecule has 7 heteroatoms. The molecule has 0 aliphatic carbocycles. The summed E-state index contributed by atoms with van der Waals surface area (Å²) in [4.78, 5) is 35.7. The predicted molar refractivity (Wildman–Crippen MR) is 97.9 cm³/mol. The summed E-state index contributed by atoms with van der Waals surface area (Å²) in [6.07, 6.45) is 5.26. The minimum atomic E-state index is -0.528. The summed E-state index contributed by atoms with van der Waals surface area (Å²) >= 11 is 0. The van der Waals surface area contributed by atoms with Crippen molar-refractivity contribution < 1.29 is 9.72 Å². The van der Waals surface area contributed by atoms with Gasteiger partial charge < -0.3 is 0 Å². The zero-order valence-electron chi connectivity index (χ0n) is 14.7. The molecule has 1 aromatic heterocycles. The van der Waals surface area contributed by atoms with Crippen molar-refractivity contribution in [1.29, 1.82) is 0 Å². The highest BCUT2D eigenvalue weighted by atomic mass is 16.6. The number of nitrogens with zero attached hydrogens (tertiary/aromatic N) is 3. The monoisotopic (exact) mass is 345 g/mol. The highest BCUT2D eigenvalue weighted by Gasteiger charge is 2.20. The van der Waals surface area contributed by atoms with E-state index in [1.165, 1.54) is 22.8 Å². The minimum Gasteiger partial charge on any atom is -0.274 e. The van der Waals surface area contributed by atoms with Crippen LogP contribution in [0.4, 0.5) is 5.69 Å². The Bertz CT molecular complexity index is 876. The smallest absolute Gasteiger partial charge is 0.274 e. The molecule has 0 spiro atoms. The molecule has 0 radical (unpaired) electrons. The Labute approximate surface area is 145 Å². The summed E-state index contributed by atoms with van der Waals surface area (Å²) in [6.45, 7) is 7.49. The number of nitro groups is 1. The van der Waals surface area contributed by atoms with Crippen LogP contribution in [0, 0.1) is 10.1 Å². The van der Waals surface area contributed by atoms with Crippen LogP contribution in [0.1, 0.15) is 57.2 Å². The van der Waals surface area contributed by atoms with Crippen LogP contribution in [0.3, 0.4) is 0 Å². The Hall–Kier alpha value is -2.70. The van der Waals surface area contributed by atoms with E-state index in [-0.39, 0.29) is 18.0 Å². The van der Waals surface area contributed by atoms with Crippen molar-refractivity contribution >= 4 is 28.3 Å². The molecular weight excluding hydrogens is 322 g/mol. The first kappa shape index (κ1) is 18.6. The molecule has 25 heavy (non-hydrogen) atoms. The number of rotatable bonds is 8. The topological polar surface area (TPSA) is 87.1 Å². The molecular formula is C18H23N3O4. The Kier molecular flexibility index (Phi) is 5.90. The molecule has 2 aromatic rings. The van der Waals surface area contributed by atoms with Gasteiger partial charge in [0.05, 0.1) is 16.0 Å². The lowest BCUT2D eigenvalue weighted by Gasteiger charge is -2.02. The van der Waals surface area contributed by atoms with Crippen molar-refractivity contribution in [2.45, 2.75) is 52.4 Å². The van der Waals surface area contributed by atoms with Gasteiger partial charge in [0.1, 0.15) is 0 Å². The summed E-state index contributed by atoms with van der Waals surface area (Å²) in [5.41, 5.74) is 0.446. The summed E-state index contributed by atoms with van der Waals surface area (Å²) < 4.78 is 2.35. The van der Waals surface area contributed by atoms with Crippen LogP contribution in [0.25, 0.3) is 16.7 Å². The number of hydrogen-bond donors (Lipinski definition) is 0. The molecule has 0 saturated carbocycles. The first-order valence-corrected chi connectivity index (χ1v) is 8.49. The van der Waals surface area contributed by atoms with Crippen molar-refractivity contribution in [2.75, 3.05) is 0 Å². The van der Waals surface area contributed by atoms with Gasteiger partial charge in [-0.3, -0.25) is 19.5 Å². The number of carbonyl (C=O) groups is 1. The molecule has 134 valence electrons. The highest BCUT2D eigenvalue weighted by Crippen LogP contribution is 2.22. The van der Waals surface area contributed by atoms with E-state index in [4.69, 9.17) is 0 Å². The maximum Gasteiger partial charge on any atom is 0.340 e. The molecule has 0 N–H and O–H groups in total. The largest absolute Gasteiger partial charge is 0.340 e. The van der Waals surface area contributed by atoms with Crippen molar-refractivity contribution in [1.82, 2.24) is 9.13 Å². The second-order valence-corrected chi connectivity index (χ2v) is 6.18. The van der Waals surface area contributed by atoms with Crippen LogP contribution >= 0.6 is 0 Å². The number of imidazole rings is 1. The van der Waals surface area contributed by atoms with Crippen LogP contribution in [-0.2, 0) is 0 Å². The number of unbranched alkanes of at least 4 members (excludes halogenated alkanes) is 4. The number of allylic oxidation sites excluding steroid dienone is 1. The van der Waals surface area contributed by atoms with Gasteiger partial charge in [-0.05, 0) is 19.4 Å². The van der Waals surface area contributed by atoms with Crippen molar-refractivity contribution in [3.05, 3.63) is 45.4 Å². The lowest BCUT2D eigenvalue weighted by atomic mass is 10.1. The number of nitro benzene ring substituents is 1. The Morgan fingerprint density at radius 3 is 2.44 bits per heavy atom. The molecule has 0 bridgehead atoms. The molecule has 0 aliphatic rings. The summed E-state index contributed by atoms with van der Waals surface area (Å²) in [6, 6.07) is 4.05. The lowest BCUT2D eigenvalue weighted by molar-refractivity contribution is -0.384. The zero-order valence-corrected chi connectivity index (χ0v) is 14.7. The first-order chi connectivity index (χ1) is 11.9. The van der Waals surface area contributed by atoms with Gasteiger partial charge in [-0.1, -0.05) is 39.2 Å². The van der Waals surface area contributed by atoms with Crippen LogP contribution in [-0.4, -0.2) is 20.0 Å². The third-order valence-corrected chi connectivity index (χ3v) is 4.16. The highest BCUT2D eigenvalue weighted by molar-refractivity contribution is 5.92. The molecule has 0 fully saturated rings. The van der Waals surface area contributed by atoms with Gasteiger partial charge in [-0.15, -0.1) is 0 Å². The number of benzene rings is 1. The molecule has 0 saturated heterocycles. The molecule has 0 amide bonds. The van der Waals surface area contributed by atoms with E-state index >= 15 is 0 Å². The Morgan fingerprint density at radius 1 is 1.16 bits per heavy atom. The van der Waals surface area contributed by atoms with E-state index in [1.54, 1.807) is 6.92 Å². The predicted octanol–water partition coefficient (Wildman–Crippen LogP) is 4.20. The quantitative estimate of drug-likeness (QED) is 0.407. The molecule has 1 aromatic carbocycles. The number of aromatic nitrogens is 2. The van der Waals surface area contributed by atoms with Crippen molar-refractivity contribution in [3.63, 3.8) is 0 Å². The number of carbonyl (C=O) groups excluding carboxylic acids is 1. The maximum atomic E-state index is 12.7. The fraction of sp³-hybridized carbons (Fsp3) is 0.444. The number of hydrogen-bond acceptors (Lipinski definition) is 4. The van der Waals surface area contributed by atoms with E-state index in [1.807, 2.05) is 0 Å². The SMILES string of the molecule is C=C(C)n1c(=O)n(C(=O)CCCCCCC)c2ccc([N+](=O)[O-])cc21. The van der Waals surface area contributed by atoms with Crippen molar-refractivity contribution in [2.24, 2.45) is 0 Å². The van der Waals surface area contributed by atoms with E-state index in [9.17, 15) is 19.7 Å². The fourth-order valence-electron chi connectivity index (χ4n) is 2.90. The molecule has 2 rings (SSSR count). The number of non-ortho nitro benzene ring substituents is 1. The van der Waals surface area contributed by atoms with E-state index in [2.05, 4.69) is 13.5 Å². The van der Waals surface area contributed by atoms with Crippen molar-refractivity contribution in [3.8, 4) is 0 Å². The van der Waals surface area contributed by atoms with Crippen LogP contribution in [0.15, 0.2) is 29.6 Å². The van der Waals surface area contributed by atoms with E-state index < -0.39 is 10.6 Å². The first-order valence-electron chi connectivity index (χ1n) is 8.49. The second kappa shape index (κ2) is 7.92. The van der Waals surface area contributed by atoms with Gasteiger partial charge in [0.2, 0.25) is 5.91 Å². The minimum absolute atomic E-state index is 0.133. The third kappa shape index (κ3) is 3.87. The van der Waals surface area contributed by atoms with Gasteiger partial charge in [0.25, 0.3) is 5.69 Å². The van der Waals surface area contributed by atoms with Crippen LogP contribution in [0.2, 0.25) is 0 Å². The van der Waals surface area contributed by atoms with Gasteiger partial charge >= 0.3 is 5.69 Å². The van der Waals surface area contributed by atoms with Gasteiger partial charge in [-0.25, -0.2) is 9.36 Å². The molecule has 1 heterocycles. The normalized spacial score (nSPS) is 11.0. The average molecular weight is 345 g/mol. The molecule has 0 unspecified atom stereocenters. The molecule has 7 nitrogen and oxygen atoms in total. The Morgan fingerprint density at radius 2 is 1.84 bits per heavy atom. The zero-order chi connectivity index (χ0) is 18.6. The molecule has 0 aliphatic heterocycles. The van der Waals surface area contributed by atoms with Gasteiger partial charge in [-0.2, -0.15) is 0 Å². The van der Waals surface area contributed by atoms with Crippen LogP contribution < -0.4 is 5.69 Å². The summed E-state index contributed by atoms with van der Waals surface area (Å²) in [7, 11) is 0. The number of fused-ring (bicyclic) bond motifs is 1.